The molecular formula is C21H20F2N6OS. The molecule has 0 aliphatic carbocycles. The summed E-state index contributed by atoms with van der Waals surface area (Å²) >= 11 is 1.29. The first-order valence-corrected chi connectivity index (χ1v) is 10.9. The summed E-state index contributed by atoms with van der Waals surface area (Å²) in [5.41, 5.74) is 7.71. The van der Waals surface area contributed by atoms with Crippen molar-refractivity contribution >= 4 is 34.6 Å². The molecule has 1 amide bonds. The average Bonchev–Trinajstić information content (AvgIpc) is 3.22. The van der Waals surface area contributed by atoms with Gasteiger partial charge >= 0.3 is 0 Å². The molecule has 5 rings (SSSR count). The Morgan fingerprint density at radius 3 is 2.58 bits per heavy atom. The number of rotatable bonds is 3. The van der Waals surface area contributed by atoms with Crippen LogP contribution in [0.4, 0.5) is 26.1 Å². The van der Waals surface area contributed by atoms with Crippen molar-refractivity contribution < 1.29 is 13.6 Å². The Bertz CT molecular complexity index is 1130. The number of hydrogen-bond donors (Lipinski definition) is 1. The van der Waals surface area contributed by atoms with E-state index in [4.69, 9.17) is 5.73 Å². The van der Waals surface area contributed by atoms with Crippen molar-refractivity contribution in [3.63, 3.8) is 0 Å². The number of carbonyl (C=O) groups excluding carboxylic acids is 1. The quantitative estimate of drug-likeness (QED) is 0.625. The van der Waals surface area contributed by atoms with Crippen LogP contribution in [-0.2, 0) is 6.42 Å². The largest absolute Gasteiger partial charge is 0.396 e. The minimum atomic E-state index is -0.749. The van der Waals surface area contributed by atoms with Gasteiger partial charge in [-0.15, -0.1) is 11.3 Å². The number of amides is 1. The first kappa shape index (κ1) is 19.8. The highest BCUT2D eigenvalue weighted by molar-refractivity contribution is 7.17. The summed E-state index contributed by atoms with van der Waals surface area (Å²) in [6.07, 6.45) is 4.20. The third kappa shape index (κ3) is 3.71. The number of nitrogens with two attached hydrogens (primary N) is 1. The van der Waals surface area contributed by atoms with Crippen molar-refractivity contribution in [3.8, 4) is 10.6 Å². The minimum absolute atomic E-state index is 0.00840. The van der Waals surface area contributed by atoms with Gasteiger partial charge in [-0.05, 0) is 31.0 Å². The molecule has 160 valence electrons. The Morgan fingerprint density at radius 2 is 1.87 bits per heavy atom. The van der Waals surface area contributed by atoms with Gasteiger partial charge in [0, 0.05) is 49.7 Å². The van der Waals surface area contributed by atoms with Crippen molar-refractivity contribution in [2.24, 2.45) is 0 Å². The molecule has 0 bridgehead atoms. The van der Waals surface area contributed by atoms with Crippen LogP contribution in [0, 0.1) is 5.82 Å². The third-order valence-corrected chi connectivity index (χ3v) is 6.73. The number of fused-ring (bicyclic) bond motifs is 1. The van der Waals surface area contributed by atoms with Crippen LogP contribution >= 0.6 is 11.3 Å². The molecule has 0 unspecified atom stereocenters. The molecule has 31 heavy (non-hydrogen) atoms. The average molecular weight is 442 g/mol. The minimum Gasteiger partial charge on any atom is -0.396 e. The summed E-state index contributed by atoms with van der Waals surface area (Å²) in [5, 5.41) is 0.674. The molecule has 2 aromatic heterocycles. The summed E-state index contributed by atoms with van der Waals surface area (Å²) in [6, 6.07) is 4.29. The predicted octanol–water partition coefficient (Wildman–Crippen LogP) is 3.46. The van der Waals surface area contributed by atoms with E-state index in [1.54, 1.807) is 23.4 Å². The zero-order chi connectivity index (χ0) is 21.5. The van der Waals surface area contributed by atoms with Crippen LogP contribution in [0.1, 0.15) is 28.2 Å². The van der Waals surface area contributed by atoms with Gasteiger partial charge in [0.2, 0.25) is 5.95 Å². The van der Waals surface area contributed by atoms with Gasteiger partial charge in [0.05, 0.1) is 11.4 Å². The zero-order valence-corrected chi connectivity index (χ0v) is 17.4. The summed E-state index contributed by atoms with van der Waals surface area (Å²) in [6.45, 7) is 1.65. The van der Waals surface area contributed by atoms with E-state index < -0.39 is 12.0 Å². The van der Waals surface area contributed by atoms with E-state index in [-0.39, 0.29) is 11.6 Å². The van der Waals surface area contributed by atoms with Gasteiger partial charge in [-0.1, -0.05) is 0 Å². The molecule has 7 nitrogen and oxygen atoms in total. The highest BCUT2D eigenvalue weighted by Crippen LogP contribution is 2.34. The highest BCUT2D eigenvalue weighted by Gasteiger charge is 2.30. The molecule has 0 radical (unpaired) electrons. The molecule has 0 saturated carbocycles. The molecule has 0 atom stereocenters. The molecule has 1 aromatic carbocycles. The number of piperidine rings is 1. The lowest BCUT2D eigenvalue weighted by Crippen LogP contribution is -2.37. The van der Waals surface area contributed by atoms with E-state index in [9.17, 15) is 13.6 Å². The standard InChI is InChI=1S/C21H20F2N6OS/c22-13-3-6-28(7-4-13)21-25-10-12(11-26-21)19-27-17-5-8-29(20(30)18(17)31-19)14-1-2-15(23)16(24)9-14/h1-2,9-11,13H,3-8,24H2. The van der Waals surface area contributed by atoms with Crippen molar-refractivity contribution in [1.82, 2.24) is 15.0 Å². The highest BCUT2D eigenvalue weighted by atomic mass is 32.1. The van der Waals surface area contributed by atoms with Crippen molar-refractivity contribution in [3.05, 3.63) is 47.0 Å². The van der Waals surface area contributed by atoms with E-state index in [1.807, 2.05) is 4.90 Å². The number of thiazole rings is 1. The normalized spacial score (nSPS) is 17.2. The first-order chi connectivity index (χ1) is 15.0. The van der Waals surface area contributed by atoms with E-state index in [1.165, 1.54) is 23.5 Å². The lowest BCUT2D eigenvalue weighted by Gasteiger charge is -2.28. The lowest BCUT2D eigenvalue weighted by molar-refractivity contribution is 0.0984. The van der Waals surface area contributed by atoms with Gasteiger partial charge < -0.3 is 15.5 Å². The van der Waals surface area contributed by atoms with Crippen molar-refractivity contribution in [2.45, 2.75) is 25.4 Å². The van der Waals surface area contributed by atoms with E-state index in [0.29, 0.717) is 60.4 Å². The van der Waals surface area contributed by atoms with E-state index >= 15 is 0 Å². The number of anilines is 3. The second kappa shape index (κ2) is 7.84. The molecule has 1 saturated heterocycles. The Hall–Kier alpha value is -3.14. The van der Waals surface area contributed by atoms with Gasteiger partial charge in [0.1, 0.15) is 21.9 Å². The van der Waals surface area contributed by atoms with Crippen LogP contribution in [0.25, 0.3) is 10.6 Å². The number of benzene rings is 1. The molecule has 2 aliphatic rings. The maximum atomic E-state index is 13.5. The second-order valence-electron chi connectivity index (χ2n) is 7.64. The maximum absolute atomic E-state index is 13.5. The second-order valence-corrected chi connectivity index (χ2v) is 8.64. The topological polar surface area (TPSA) is 88.2 Å². The van der Waals surface area contributed by atoms with Crippen LogP contribution in [0.5, 0.6) is 0 Å². The van der Waals surface area contributed by atoms with Crippen LogP contribution in [-0.4, -0.2) is 46.7 Å². The Balaban J connectivity index is 1.37. The van der Waals surface area contributed by atoms with Gasteiger partial charge in [-0.3, -0.25) is 4.79 Å². The molecule has 2 N–H and O–H groups in total. The van der Waals surface area contributed by atoms with Gasteiger partial charge in [-0.25, -0.2) is 23.7 Å². The predicted molar refractivity (Wildman–Crippen MR) is 116 cm³/mol. The zero-order valence-electron chi connectivity index (χ0n) is 16.6. The fourth-order valence-corrected chi connectivity index (χ4v) is 4.88. The third-order valence-electron chi connectivity index (χ3n) is 5.59. The number of hydrogen-bond acceptors (Lipinski definition) is 7. The van der Waals surface area contributed by atoms with Crippen LogP contribution in [0.3, 0.4) is 0 Å². The summed E-state index contributed by atoms with van der Waals surface area (Å²) in [4.78, 5) is 30.6. The molecule has 4 heterocycles. The molecule has 1 fully saturated rings. The Labute approximate surface area is 181 Å². The van der Waals surface area contributed by atoms with Gasteiger partial charge in [-0.2, -0.15) is 0 Å². The summed E-state index contributed by atoms with van der Waals surface area (Å²) in [7, 11) is 0. The molecule has 0 spiro atoms. The van der Waals surface area contributed by atoms with Crippen LogP contribution < -0.4 is 15.5 Å². The molecule has 3 aromatic rings. The molecule has 2 aliphatic heterocycles. The lowest BCUT2D eigenvalue weighted by atomic mass is 10.1. The number of carbonyl (C=O) groups is 1. The van der Waals surface area contributed by atoms with Gasteiger partial charge in [0.25, 0.3) is 5.91 Å². The molecule has 10 heteroatoms. The number of alkyl halides is 1. The van der Waals surface area contributed by atoms with Crippen LogP contribution in [0.2, 0.25) is 0 Å². The fraction of sp³-hybridized carbons (Fsp3) is 0.333. The smallest absolute Gasteiger partial charge is 0.270 e. The Morgan fingerprint density at radius 1 is 1.13 bits per heavy atom. The van der Waals surface area contributed by atoms with Crippen LogP contribution in [0.15, 0.2) is 30.6 Å². The number of halogens is 2. The SMILES string of the molecule is Nc1cc(N2CCc3nc(-c4cnc(N5CCC(F)CC5)nc4)sc3C2=O)ccc1F. The van der Waals surface area contributed by atoms with Crippen molar-refractivity contribution in [2.75, 3.05) is 35.2 Å². The maximum Gasteiger partial charge on any atom is 0.270 e. The van der Waals surface area contributed by atoms with Gasteiger partial charge in [0.15, 0.2) is 0 Å². The fourth-order valence-electron chi connectivity index (χ4n) is 3.84. The number of aromatic nitrogens is 3. The number of nitrogens with zero attached hydrogens (tertiary/aromatic N) is 5. The van der Waals surface area contributed by atoms with E-state index in [2.05, 4.69) is 15.0 Å². The Kier molecular flexibility index (Phi) is 5.01. The molecular weight excluding hydrogens is 422 g/mol. The monoisotopic (exact) mass is 442 g/mol. The summed E-state index contributed by atoms with van der Waals surface area (Å²) in [5.74, 6) is -0.109. The first-order valence-electron chi connectivity index (χ1n) is 10.1. The van der Waals surface area contributed by atoms with Crippen molar-refractivity contribution in [1.29, 1.82) is 0 Å². The van der Waals surface area contributed by atoms with E-state index in [0.717, 1.165) is 11.3 Å². The summed E-state index contributed by atoms with van der Waals surface area (Å²) < 4.78 is 26.8. The number of nitrogen functional groups attached to an aromatic ring is 1.